The predicted molar refractivity (Wildman–Crippen MR) is 87.4 cm³/mol. The van der Waals surface area contributed by atoms with Gasteiger partial charge in [0.15, 0.2) is 0 Å². The van der Waals surface area contributed by atoms with E-state index in [0.717, 1.165) is 32.8 Å². The van der Waals surface area contributed by atoms with Crippen LogP contribution in [0.4, 0.5) is 0 Å². The van der Waals surface area contributed by atoms with Crippen molar-refractivity contribution in [1.82, 2.24) is 10.2 Å². The van der Waals surface area contributed by atoms with Gasteiger partial charge in [-0.3, -0.25) is 4.90 Å². The van der Waals surface area contributed by atoms with Crippen LogP contribution in [0.3, 0.4) is 0 Å². The molecule has 2 rings (SSSR count). The normalized spacial score (nSPS) is 22.4. The highest BCUT2D eigenvalue weighted by Crippen LogP contribution is 2.15. The maximum absolute atomic E-state index is 5.81. The van der Waals surface area contributed by atoms with E-state index in [0.29, 0.717) is 12.1 Å². The van der Waals surface area contributed by atoms with Gasteiger partial charge in [0.05, 0.1) is 12.7 Å². The van der Waals surface area contributed by atoms with Crippen molar-refractivity contribution >= 4 is 22.6 Å². The van der Waals surface area contributed by atoms with E-state index >= 15 is 0 Å². The van der Waals surface area contributed by atoms with Crippen LogP contribution in [0.25, 0.3) is 0 Å². The third-order valence-corrected chi connectivity index (χ3v) is 4.41. The van der Waals surface area contributed by atoms with E-state index in [9.17, 15) is 0 Å². The molecule has 0 radical (unpaired) electrons. The molecule has 1 aliphatic rings. The fourth-order valence-corrected chi connectivity index (χ4v) is 2.73. The smallest absolute Gasteiger partial charge is 0.0826 e. The summed E-state index contributed by atoms with van der Waals surface area (Å²) in [5.74, 6) is 0. The van der Waals surface area contributed by atoms with Gasteiger partial charge in [-0.25, -0.2) is 0 Å². The van der Waals surface area contributed by atoms with Gasteiger partial charge in [-0.15, -0.1) is 0 Å². The highest BCUT2D eigenvalue weighted by Gasteiger charge is 2.19. The van der Waals surface area contributed by atoms with Gasteiger partial charge in [0.25, 0.3) is 0 Å². The Labute approximate surface area is 129 Å². The maximum Gasteiger partial charge on any atom is 0.0826 e. The second-order valence-electron chi connectivity index (χ2n) is 5.07. The molecule has 0 saturated carbocycles. The minimum Gasteiger partial charge on any atom is -0.374 e. The predicted octanol–water partition coefficient (Wildman–Crippen LogP) is 2.66. The molecule has 2 atom stereocenters. The first-order valence-corrected chi connectivity index (χ1v) is 8.09. The average molecular weight is 374 g/mol. The summed E-state index contributed by atoms with van der Waals surface area (Å²) in [5, 5.41) is 3.58. The molecule has 106 valence electrons. The first kappa shape index (κ1) is 15.2. The van der Waals surface area contributed by atoms with E-state index in [1.165, 1.54) is 9.13 Å². The van der Waals surface area contributed by atoms with Gasteiger partial charge in [-0.1, -0.05) is 19.1 Å². The summed E-state index contributed by atoms with van der Waals surface area (Å²) in [6.07, 6.45) is 0.319. The molecule has 1 heterocycles. The second kappa shape index (κ2) is 7.57. The Morgan fingerprint density at radius 3 is 2.84 bits per heavy atom. The molecule has 1 aliphatic heterocycles. The van der Waals surface area contributed by atoms with Crippen LogP contribution in [-0.4, -0.2) is 43.8 Å². The fourth-order valence-electron chi connectivity index (χ4n) is 2.37. The highest BCUT2D eigenvalue weighted by molar-refractivity contribution is 14.1. The molecule has 0 bridgehead atoms. The molecule has 1 fully saturated rings. The molecule has 1 saturated heterocycles. The lowest BCUT2D eigenvalue weighted by Gasteiger charge is -2.32. The quantitative estimate of drug-likeness (QED) is 0.803. The maximum atomic E-state index is 5.81. The van der Waals surface area contributed by atoms with Crippen molar-refractivity contribution in [3.63, 3.8) is 0 Å². The molecule has 4 heteroatoms. The topological polar surface area (TPSA) is 24.5 Å². The Hall–Kier alpha value is -0.170. The molecule has 0 aromatic heterocycles. The van der Waals surface area contributed by atoms with Crippen LogP contribution in [0.15, 0.2) is 24.3 Å². The Bertz CT molecular complexity index is 382. The van der Waals surface area contributed by atoms with Gasteiger partial charge >= 0.3 is 0 Å². The van der Waals surface area contributed by atoms with Gasteiger partial charge in [-0.2, -0.15) is 0 Å². The third-order valence-electron chi connectivity index (χ3n) is 3.69. The van der Waals surface area contributed by atoms with Crippen molar-refractivity contribution in [1.29, 1.82) is 0 Å². The lowest BCUT2D eigenvalue weighted by molar-refractivity contribution is -0.0262. The summed E-state index contributed by atoms with van der Waals surface area (Å²) in [5.41, 5.74) is 1.34. The lowest BCUT2D eigenvalue weighted by atomic mass is 10.1. The molecular weight excluding hydrogens is 351 g/mol. The van der Waals surface area contributed by atoms with Crippen molar-refractivity contribution in [2.45, 2.75) is 26.0 Å². The van der Waals surface area contributed by atoms with Crippen LogP contribution < -0.4 is 5.32 Å². The first-order chi connectivity index (χ1) is 9.19. The molecular formula is C15H23IN2O. The SMILES string of the molecule is CCN1CCOC(CNC(C)c2ccc(I)cc2)C1. The number of nitrogens with zero attached hydrogens (tertiary/aromatic N) is 1. The molecule has 1 N–H and O–H groups in total. The Morgan fingerprint density at radius 1 is 1.42 bits per heavy atom. The monoisotopic (exact) mass is 374 g/mol. The van der Waals surface area contributed by atoms with Crippen molar-refractivity contribution in [2.75, 3.05) is 32.8 Å². The number of nitrogens with one attached hydrogen (secondary N) is 1. The van der Waals surface area contributed by atoms with Gasteiger partial charge in [-0.05, 0) is 53.8 Å². The Balaban J connectivity index is 1.79. The number of ether oxygens (including phenoxy) is 1. The van der Waals surface area contributed by atoms with Crippen LogP contribution in [0, 0.1) is 3.57 Å². The number of likely N-dealkylation sites (N-methyl/N-ethyl adjacent to an activating group) is 1. The summed E-state index contributed by atoms with van der Waals surface area (Å²) in [4.78, 5) is 2.45. The van der Waals surface area contributed by atoms with Crippen LogP contribution in [-0.2, 0) is 4.74 Å². The zero-order chi connectivity index (χ0) is 13.7. The lowest BCUT2D eigenvalue weighted by Crippen LogP contribution is -2.46. The number of rotatable bonds is 5. The molecule has 19 heavy (non-hydrogen) atoms. The number of hydrogen-bond donors (Lipinski definition) is 1. The third kappa shape index (κ3) is 4.70. The number of morpholine rings is 1. The zero-order valence-electron chi connectivity index (χ0n) is 11.7. The number of hydrogen-bond acceptors (Lipinski definition) is 3. The molecule has 3 nitrogen and oxygen atoms in total. The minimum atomic E-state index is 0.319. The first-order valence-electron chi connectivity index (χ1n) is 7.02. The second-order valence-corrected chi connectivity index (χ2v) is 6.31. The number of benzene rings is 1. The largest absolute Gasteiger partial charge is 0.374 e. The van der Waals surface area contributed by atoms with Crippen LogP contribution >= 0.6 is 22.6 Å². The molecule has 0 spiro atoms. The van der Waals surface area contributed by atoms with Crippen molar-refractivity contribution in [3.05, 3.63) is 33.4 Å². The molecule has 1 aromatic carbocycles. The summed E-state index contributed by atoms with van der Waals surface area (Å²) in [7, 11) is 0. The minimum absolute atomic E-state index is 0.319. The van der Waals surface area contributed by atoms with Crippen molar-refractivity contribution in [2.24, 2.45) is 0 Å². The Morgan fingerprint density at radius 2 is 2.16 bits per heavy atom. The van der Waals surface area contributed by atoms with E-state index in [-0.39, 0.29) is 0 Å². The zero-order valence-corrected chi connectivity index (χ0v) is 13.9. The van der Waals surface area contributed by atoms with E-state index in [2.05, 4.69) is 70.9 Å². The van der Waals surface area contributed by atoms with E-state index in [4.69, 9.17) is 4.74 Å². The van der Waals surface area contributed by atoms with Gasteiger partial charge in [0.2, 0.25) is 0 Å². The van der Waals surface area contributed by atoms with E-state index < -0.39 is 0 Å². The van der Waals surface area contributed by atoms with E-state index in [1.54, 1.807) is 0 Å². The van der Waals surface area contributed by atoms with Gasteiger partial charge in [0, 0.05) is 29.2 Å². The fraction of sp³-hybridized carbons (Fsp3) is 0.600. The van der Waals surface area contributed by atoms with Crippen LogP contribution in [0.5, 0.6) is 0 Å². The van der Waals surface area contributed by atoms with Crippen LogP contribution in [0.2, 0.25) is 0 Å². The van der Waals surface area contributed by atoms with Crippen molar-refractivity contribution in [3.8, 4) is 0 Å². The molecule has 1 aromatic rings. The standard InChI is InChI=1S/C15H23IN2O/c1-3-18-8-9-19-15(11-18)10-17-12(2)13-4-6-14(16)7-5-13/h4-7,12,15,17H,3,8-11H2,1-2H3. The summed E-state index contributed by atoms with van der Waals surface area (Å²) >= 11 is 2.34. The molecule has 0 amide bonds. The molecule has 2 unspecified atom stereocenters. The highest BCUT2D eigenvalue weighted by atomic mass is 127. The summed E-state index contributed by atoms with van der Waals surface area (Å²) < 4.78 is 7.09. The van der Waals surface area contributed by atoms with Gasteiger partial charge in [0.1, 0.15) is 0 Å². The summed E-state index contributed by atoms with van der Waals surface area (Å²) in [6.45, 7) is 9.43. The average Bonchev–Trinajstić information content (AvgIpc) is 2.46. The van der Waals surface area contributed by atoms with Crippen LogP contribution in [0.1, 0.15) is 25.5 Å². The van der Waals surface area contributed by atoms with Gasteiger partial charge < -0.3 is 10.1 Å². The van der Waals surface area contributed by atoms with E-state index in [1.807, 2.05) is 0 Å². The summed E-state index contributed by atoms with van der Waals surface area (Å²) in [6, 6.07) is 9.07. The molecule has 0 aliphatic carbocycles. The number of halogens is 1. The van der Waals surface area contributed by atoms with Crippen molar-refractivity contribution < 1.29 is 4.74 Å². The Kier molecular flexibility index (Phi) is 6.06.